The number of hydrogen-bond acceptors (Lipinski definition) is 3. The van der Waals surface area contributed by atoms with Crippen molar-refractivity contribution in [2.75, 3.05) is 19.0 Å². The van der Waals surface area contributed by atoms with Gasteiger partial charge in [0.1, 0.15) is 5.75 Å². The quantitative estimate of drug-likeness (QED) is 0.822. The van der Waals surface area contributed by atoms with Gasteiger partial charge < -0.3 is 15.4 Å². The lowest BCUT2D eigenvalue weighted by molar-refractivity contribution is -0.119. The highest BCUT2D eigenvalue weighted by atomic mass is 16.5. The number of rotatable bonds is 7. The van der Waals surface area contributed by atoms with Gasteiger partial charge in [0, 0.05) is 12.2 Å². The average molecular weight is 312 g/mol. The van der Waals surface area contributed by atoms with Crippen molar-refractivity contribution in [3.05, 3.63) is 59.7 Å². The Morgan fingerprint density at radius 2 is 1.70 bits per heavy atom. The molecule has 122 valence electrons. The number of amides is 1. The Labute approximate surface area is 137 Å². The van der Waals surface area contributed by atoms with E-state index in [1.165, 1.54) is 5.56 Å². The largest absolute Gasteiger partial charge is 0.497 e. The maximum Gasteiger partial charge on any atom is 0.239 e. The molecule has 4 nitrogen and oxygen atoms in total. The van der Waals surface area contributed by atoms with Gasteiger partial charge in [0.25, 0.3) is 0 Å². The Bertz CT molecular complexity index is 619. The molecule has 0 saturated carbocycles. The van der Waals surface area contributed by atoms with E-state index in [4.69, 9.17) is 4.74 Å². The van der Waals surface area contributed by atoms with Gasteiger partial charge in [-0.2, -0.15) is 0 Å². The normalized spacial score (nSPS) is 10.4. The van der Waals surface area contributed by atoms with Crippen molar-refractivity contribution >= 4 is 11.6 Å². The number of carbonyl (C=O) groups excluding carboxylic acids is 1. The minimum atomic E-state index is -0.0336. The van der Waals surface area contributed by atoms with Gasteiger partial charge >= 0.3 is 0 Å². The molecule has 1 amide bonds. The second kappa shape index (κ2) is 8.22. The molecule has 0 fully saturated rings. The number of benzene rings is 2. The van der Waals surface area contributed by atoms with Gasteiger partial charge in [0.15, 0.2) is 0 Å². The van der Waals surface area contributed by atoms with Crippen LogP contribution >= 0.6 is 0 Å². The average Bonchev–Trinajstić information content (AvgIpc) is 2.59. The molecule has 2 N–H and O–H groups in total. The molecule has 0 atom stereocenters. The molecule has 0 aliphatic heterocycles. The minimum absolute atomic E-state index is 0.0336. The highest BCUT2D eigenvalue weighted by Crippen LogP contribution is 2.16. The summed E-state index contributed by atoms with van der Waals surface area (Å²) < 4.78 is 5.11. The van der Waals surface area contributed by atoms with Crippen LogP contribution in [0.3, 0.4) is 0 Å². The van der Waals surface area contributed by atoms with Gasteiger partial charge in [0.2, 0.25) is 5.91 Å². The molecule has 2 aromatic carbocycles. The van der Waals surface area contributed by atoms with E-state index < -0.39 is 0 Å². The molecular formula is C19H24N2O2. The lowest BCUT2D eigenvalue weighted by Gasteiger charge is -2.10. The van der Waals surface area contributed by atoms with Gasteiger partial charge in [-0.1, -0.05) is 38.1 Å². The summed E-state index contributed by atoms with van der Waals surface area (Å²) >= 11 is 0. The molecule has 0 saturated heterocycles. The number of ether oxygens (including phenoxy) is 1. The maximum atomic E-state index is 11.9. The van der Waals surface area contributed by atoms with E-state index in [-0.39, 0.29) is 12.5 Å². The van der Waals surface area contributed by atoms with E-state index in [2.05, 4.69) is 36.6 Å². The van der Waals surface area contributed by atoms with Crippen LogP contribution in [0, 0.1) is 0 Å². The van der Waals surface area contributed by atoms with E-state index in [0.717, 1.165) is 17.0 Å². The summed E-state index contributed by atoms with van der Waals surface area (Å²) in [6.07, 6.45) is 0. The molecule has 0 aromatic heterocycles. The number of carbonyl (C=O) groups is 1. The summed E-state index contributed by atoms with van der Waals surface area (Å²) in [5.74, 6) is 1.29. The molecule has 0 bridgehead atoms. The predicted octanol–water partition coefficient (Wildman–Crippen LogP) is 3.55. The lowest BCUT2D eigenvalue weighted by Crippen LogP contribution is -2.29. The second-order valence-corrected chi connectivity index (χ2v) is 5.76. The topological polar surface area (TPSA) is 50.4 Å². The molecule has 0 radical (unpaired) electrons. The second-order valence-electron chi connectivity index (χ2n) is 5.76. The molecular weight excluding hydrogens is 288 g/mol. The number of hydrogen-bond donors (Lipinski definition) is 2. The highest BCUT2D eigenvalue weighted by molar-refractivity contribution is 5.80. The van der Waals surface area contributed by atoms with Gasteiger partial charge in [-0.05, 0) is 41.3 Å². The Morgan fingerprint density at radius 1 is 1.04 bits per heavy atom. The van der Waals surface area contributed by atoms with Crippen LogP contribution in [0.2, 0.25) is 0 Å². The fraction of sp³-hybridized carbons (Fsp3) is 0.316. The zero-order valence-electron chi connectivity index (χ0n) is 13.9. The first kappa shape index (κ1) is 16.9. The smallest absolute Gasteiger partial charge is 0.239 e. The van der Waals surface area contributed by atoms with Gasteiger partial charge in [-0.15, -0.1) is 0 Å². The third-order valence-electron chi connectivity index (χ3n) is 3.68. The molecule has 0 unspecified atom stereocenters. The van der Waals surface area contributed by atoms with Crippen molar-refractivity contribution in [3.8, 4) is 5.75 Å². The lowest BCUT2D eigenvalue weighted by atomic mass is 10.0. The fourth-order valence-electron chi connectivity index (χ4n) is 2.17. The van der Waals surface area contributed by atoms with Crippen LogP contribution in [0.5, 0.6) is 5.75 Å². The molecule has 23 heavy (non-hydrogen) atoms. The Kier molecular flexibility index (Phi) is 6.03. The van der Waals surface area contributed by atoms with Crippen molar-refractivity contribution in [2.24, 2.45) is 0 Å². The molecule has 2 aromatic rings. The van der Waals surface area contributed by atoms with E-state index in [1.807, 2.05) is 36.4 Å². The van der Waals surface area contributed by atoms with Crippen molar-refractivity contribution in [1.29, 1.82) is 0 Å². The summed E-state index contributed by atoms with van der Waals surface area (Å²) in [5.41, 5.74) is 3.29. The molecule has 0 spiro atoms. The number of anilines is 1. The highest BCUT2D eigenvalue weighted by Gasteiger charge is 2.03. The van der Waals surface area contributed by atoms with Crippen molar-refractivity contribution in [3.63, 3.8) is 0 Å². The molecule has 0 aliphatic carbocycles. The first-order valence-electron chi connectivity index (χ1n) is 7.82. The van der Waals surface area contributed by atoms with Crippen LogP contribution in [0.1, 0.15) is 30.9 Å². The van der Waals surface area contributed by atoms with E-state index in [1.54, 1.807) is 7.11 Å². The van der Waals surface area contributed by atoms with Crippen molar-refractivity contribution < 1.29 is 9.53 Å². The molecule has 2 rings (SSSR count). The SMILES string of the molecule is COc1ccc(CNC(=O)CNc2ccc(C(C)C)cc2)cc1. The third-order valence-corrected chi connectivity index (χ3v) is 3.68. The Hall–Kier alpha value is -2.49. The first-order chi connectivity index (χ1) is 11.1. The fourth-order valence-corrected chi connectivity index (χ4v) is 2.17. The summed E-state index contributed by atoms with van der Waals surface area (Å²) in [7, 11) is 1.64. The summed E-state index contributed by atoms with van der Waals surface area (Å²) in [5, 5.41) is 6.03. The van der Waals surface area contributed by atoms with Crippen LogP contribution in [0.25, 0.3) is 0 Å². The van der Waals surface area contributed by atoms with E-state index >= 15 is 0 Å². The predicted molar refractivity (Wildman–Crippen MR) is 93.9 cm³/mol. The standard InChI is InChI=1S/C19H24N2O2/c1-14(2)16-6-8-17(9-7-16)20-13-19(22)21-12-15-4-10-18(23-3)11-5-15/h4-11,14,20H,12-13H2,1-3H3,(H,21,22). The molecule has 4 heteroatoms. The van der Waals surface area contributed by atoms with Gasteiger partial charge in [0.05, 0.1) is 13.7 Å². The first-order valence-corrected chi connectivity index (χ1v) is 7.82. The monoisotopic (exact) mass is 312 g/mol. The summed E-state index contributed by atoms with van der Waals surface area (Å²) in [6, 6.07) is 15.8. The van der Waals surface area contributed by atoms with Crippen LogP contribution in [-0.4, -0.2) is 19.6 Å². The zero-order valence-corrected chi connectivity index (χ0v) is 13.9. The van der Waals surface area contributed by atoms with Gasteiger partial charge in [-0.25, -0.2) is 0 Å². The maximum absolute atomic E-state index is 11.9. The minimum Gasteiger partial charge on any atom is -0.497 e. The van der Waals surface area contributed by atoms with E-state index in [9.17, 15) is 4.79 Å². The van der Waals surface area contributed by atoms with Crippen LogP contribution in [0.15, 0.2) is 48.5 Å². The van der Waals surface area contributed by atoms with Crippen LogP contribution in [0.4, 0.5) is 5.69 Å². The van der Waals surface area contributed by atoms with Crippen LogP contribution in [-0.2, 0) is 11.3 Å². The van der Waals surface area contributed by atoms with Crippen LogP contribution < -0.4 is 15.4 Å². The van der Waals surface area contributed by atoms with Gasteiger partial charge in [-0.3, -0.25) is 4.79 Å². The number of nitrogens with one attached hydrogen (secondary N) is 2. The third kappa shape index (κ3) is 5.33. The summed E-state index contributed by atoms with van der Waals surface area (Å²) in [4.78, 5) is 11.9. The Morgan fingerprint density at radius 3 is 2.26 bits per heavy atom. The molecule has 0 heterocycles. The number of methoxy groups -OCH3 is 1. The molecule has 0 aliphatic rings. The van der Waals surface area contributed by atoms with Crippen molar-refractivity contribution in [2.45, 2.75) is 26.3 Å². The van der Waals surface area contributed by atoms with E-state index in [0.29, 0.717) is 12.5 Å². The Balaban J connectivity index is 1.76. The zero-order chi connectivity index (χ0) is 16.7. The van der Waals surface area contributed by atoms with Crippen molar-refractivity contribution in [1.82, 2.24) is 5.32 Å². The summed E-state index contributed by atoms with van der Waals surface area (Å²) in [6.45, 7) is 5.10.